The van der Waals surface area contributed by atoms with Gasteiger partial charge in [-0.05, 0) is 136 Å². The number of fused-ring (bicyclic) bond motifs is 1. The number of benzene rings is 3. The number of carbonyl (C=O) groups is 2. The van der Waals surface area contributed by atoms with Gasteiger partial charge in [-0.2, -0.15) is 10.4 Å². The van der Waals surface area contributed by atoms with Gasteiger partial charge in [-0.3, -0.25) is 19.7 Å². The van der Waals surface area contributed by atoms with E-state index in [4.69, 9.17) is 9.47 Å². The highest BCUT2D eigenvalue weighted by atomic mass is 19.3. The Morgan fingerprint density at radius 2 is 1.64 bits per heavy atom. The number of aryl methyl sites for hydroxylation is 2. The molecule has 1 saturated heterocycles. The van der Waals surface area contributed by atoms with E-state index in [0.29, 0.717) is 76.8 Å². The second kappa shape index (κ2) is 20.0. The van der Waals surface area contributed by atoms with Crippen molar-refractivity contribution in [2.45, 2.75) is 130 Å². The smallest absolute Gasteiger partial charge is 0.264 e. The van der Waals surface area contributed by atoms with Crippen LogP contribution in [0.4, 0.5) is 20.2 Å². The second-order valence-corrected chi connectivity index (χ2v) is 23.5. The number of anilines is 2. The number of amides is 2. The highest BCUT2D eigenvalue weighted by Crippen LogP contribution is 2.56. The molecule has 394 valence electrons. The first-order valence-corrected chi connectivity index (χ1v) is 26.8. The summed E-state index contributed by atoms with van der Waals surface area (Å²) < 4.78 is 42.9. The Morgan fingerprint density at radius 1 is 0.932 bits per heavy atom. The lowest BCUT2D eigenvalue weighted by atomic mass is 9.49. The van der Waals surface area contributed by atoms with Crippen molar-refractivity contribution >= 4 is 29.0 Å². The summed E-state index contributed by atoms with van der Waals surface area (Å²) in [5.41, 5.74) is 6.38. The zero-order valence-corrected chi connectivity index (χ0v) is 44.2. The fraction of sp³-hybridized carbons (Fsp3) is 0.542. The van der Waals surface area contributed by atoms with Crippen LogP contribution in [-0.4, -0.2) is 90.4 Å². The Morgan fingerprint density at radius 3 is 2.27 bits per heavy atom. The monoisotopic (exact) mass is 1010 g/mol. The highest BCUT2D eigenvalue weighted by Gasteiger charge is 2.64. The summed E-state index contributed by atoms with van der Waals surface area (Å²) in [4.78, 5) is 32.5. The first-order chi connectivity index (χ1) is 35.4. The van der Waals surface area contributed by atoms with Gasteiger partial charge in [0, 0.05) is 128 Å². The maximum absolute atomic E-state index is 14.7. The van der Waals surface area contributed by atoms with E-state index in [0.717, 1.165) is 67.2 Å². The van der Waals surface area contributed by atoms with Gasteiger partial charge in [0.05, 0.1) is 25.4 Å². The van der Waals surface area contributed by atoms with Gasteiger partial charge < -0.3 is 34.8 Å². The molecule has 15 heteroatoms. The number of nitriles is 1. The molecule has 4 fully saturated rings. The van der Waals surface area contributed by atoms with Crippen LogP contribution in [-0.2, 0) is 18.3 Å². The average molecular weight is 1010 g/mol. The summed E-state index contributed by atoms with van der Waals surface area (Å²) in [6.07, 6.45) is 12.2. The van der Waals surface area contributed by atoms with Crippen molar-refractivity contribution in [1.82, 2.24) is 25.3 Å². The van der Waals surface area contributed by atoms with Crippen molar-refractivity contribution in [3.63, 3.8) is 0 Å². The average Bonchev–Trinajstić information content (AvgIpc) is 3.84. The molecular weight excluding hydrogens is 937 g/mol. The third-order valence-corrected chi connectivity index (χ3v) is 18.1. The van der Waals surface area contributed by atoms with Crippen molar-refractivity contribution in [3.8, 4) is 28.7 Å². The number of aromatic nitrogens is 2. The topological polar surface area (TPSA) is 152 Å². The van der Waals surface area contributed by atoms with Gasteiger partial charge in [0.25, 0.3) is 12.3 Å². The third-order valence-electron chi connectivity index (χ3n) is 18.1. The molecule has 0 atom stereocenters. The molecule has 1 spiro atoms. The lowest BCUT2D eigenvalue weighted by Gasteiger charge is -2.63. The maximum Gasteiger partial charge on any atom is 0.264 e. The Labute approximate surface area is 436 Å². The first kappa shape index (κ1) is 51.1. The molecule has 74 heavy (non-hydrogen) atoms. The zero-order valence-electron chi connectivity index (χ0n) is 44.2. The van der Waals surface area contributed by atoms with Gasteiger partial charge in [-0.25, -0.2) is 8.78 Å². The SMILES string of the molecule is COc1cc(OC2C(C)(C)C(NC(=O)c3ccc(N4CC5(CCC(C6CCC(NC7=C(C(=N)N8CCCc9cc(-c%10cnn(C)c%10)c(C(F)F)cc98)CN(C(C)=O)CC7)CC6)CC5)C4)cc3)C2(C)C)ccc1C#N.[HH]. The fourth-order valence-electron chi connectivity index (χ4n) is 14.2. The van der Waals surface area contributed by atoms with Crippen LogP contribution in [0.1, 0.15) is 134 Å². The molecule has 4 heterocycles. The van der Waals surface area contributed by atoms with Crippen molar-refractivity contribution in [2.24, 2.45) is 35.1 Å². The lowest BCUT2D eigenvalue weighted by Crippen LogP contribution is -2.74. The summed E-state index contributed by atoms with van der Waals surface area (Å²) in [5, 5.41) is 30.5. The van der Waals surface area contributed by atoms with Crippen LogP contribution in [0.3, 0.4) is 0 Å². The molecule has 3 saturated carbocycles. The highest BCUT2D eigenvalue weighted by molar-refractivity contribution is 6.09. The molecule has 2 amide bonds. The molecule has 3 aliphatic heterocycles. The van der Waals surface area contributed by atoms with E-state index in [-0.39, 0.29) is 53.7 Å². The number of hydrogen-bond donors (Lipinski definition) is 3. The van der Waals surface area contributed by atoms with E-state index in [1.54, 1.807) is 67.3 Å². The molecule has 0 radical (unpaired) electrons. The van der Waals surface area contributed by atoms with E-state index < -0.39 is 6.43 Å². The minimum Gasteiger partial charge on any atom is -0.495 e. The summed E-state index contributed by atoms with van der Waals surface area (Å²) in [6, 6.07) is 19.1. The van der Waals surface area contributed by atoms with Crippen LogP contribution in [0, 0.1) is 44.8 Å². The quantitative estimate of drug-likeness (QED) is 0.0930. The van der Waals surface area contributed by atoms with E-state index in [1.165, 1.54) is 38.5 Å². The van der Waals surface area contributed by atoms with E-state index >= 15 is 0 Å². The van der Waals surface area contributed by atoms with Crippen molar-refractivity contribution < 1.29 is 29.3 Å². The summed E-state index contributed by atoms with van der Waals surface area (Å²) in [7, 11) is 3.32. The number of halogens is 2. The number of methoxy groups -OCH3 is 1. The van der Waals surface area contributed by atoms with Gasteiger partial charge in [-0.15, -0.1) is 0 Å². The third kappa shape index (κ3) is 9.62. The molecule has 0 bridgehead atoms. The minimum atomic E-state index is -2.69. The molecule has 13 nitrogen and oxygen atoms in total. The normalized spacial score (nSPS) is 24.1. The molecule has 4 aromatic rings. The molecule has 3 aromatic carbocycles. The Kier molecular flexibility index (Phi) is 13.8. The summed E-state index contributed by atoms with van der Waals surface area (Å²) in [6.45, 7) is 13.6. The van der Waals surface area contributed by atoms with Gasteiger partial charge in [0.1, 0.15) is 29.5 Å². The van der Waals surface area contributed by atoms with Crippen LogP contribution < -0.4 is 29.9 Å². The second-order valence-electron chi connectivity index (χ2n) is 23.5. The van der Waals surface area contributed by atoms with Crippen LogP contribution in [0.5, 0.6) is 11.5 Å². The predicted octanol–water partition coefficient (Wildman–Crippen LogP) is 10.8. The molecule has 3 aliphatic carbocycles. The van der Waals surface area contributed by atoms with E-state index in [1.807, 2.05) is 23.1 Å². The maximum atomic E-state index is 14.7. The number of ether oxygens (including phenoxy) is 2. The van der Waals surface area contributed by atoms with E-state index in [2.05, 4.69) is 66.5 Å². The predicted molar refractivity (Wildman–Crippen MR) is 286 cm³/mol. The van der Waals surface area contributed by atoms with Crippen LogP contribution >= 0.6 is 0 Å². The summed E-state index contributed by atoms with van der Waals surface area (Å²) >= 11 is 0. The van der Waals surface area contributed by atoms with Crippen molar-refractivity contribution in [3.05, 3.63) is 101 Å². The largest absolute Gasteiger partial charge is 0.495 e. The van der Waals surface area contributed by atoms with E-state index in [9.17, 15) is 29.0 Å². The molecule has 10 rings (SSSR count). The molecule has 6 aliphatic rings. The van der Waals surface area contributed by atoms with Gasteiger partial charge >= 0.3 is 0 Å². The number of amidine groups is 1. The first-order valence-electron chi connectivity index (χ1n) is 26.8. The van der Waals surface area contributed by atoms with Crippen LogP contribution in [0.2, 0.25) is 0 Å². The van der Waals surface area contributed by atoms with Gasteiger partial charge in [0.2, 0.25) is 5.91 Å². The molecule has 1 aromatic heterocycles. The number of nitrogens with zero attached hydrogens (tertiary/aromatic N) is 6. The van der Waals surface area contributed by atoms with Crippen molar-refractivity contribution in [2.75, 3.05) is 49.6 Å². The zero-order chi connectivity index (χ0) is 52.3. The van der Waals surface area contributed by atoms with Crippen LogP contribution in [0.15, 0.2) is 78.3 Å². The standard InChI is InChI=1S/C59H73F2N9O4.H2/c1-36(71)68-26-22-49(48(33-68)53(63)70-25-8-9-40-27-46(42-31-64-67(6)32-42)47(52(60)61)29-50(40)70)65-43-15-10-37(11-16-43)38-20-23-59(24-21-38)34-69(35-59)44-17-12-39(13-18-44)54(72)66-55-57(2,3)56(58(55,4)5)74-45-19-14-41(30-62)51(28-45)73-7;/h12-14,17-19,27-29,31-32,37-38,43,52,55-56,63,65H,8-11,15-16,20-26,33-35H2,1-7H3,(H,66,72);1H. The van der Waals surface area contributed by atoms with Crippen molar-refractivity contribution in [1.29, 1.82) is 10.7 Å². The molecule has 3 N–H and O–H groups in total. The number of rotatable bonds is 12. The number of nitrogens with one attached hydrogen (secondary N) is 3. The van der Waals surface area contributed by atoms with Gasteiger partial charge in [0.15, 0.2) is 0 Å². The van der Waals surface area contributed by atoms with Gasteiger partial charge in [-0.1, -0.05) is 27.7 Å². The Balaban J connectivity index is 0.00000689. The summed E-state index contributed by atoms with van der Waals surface area (Å²) in [5.74, 6) is 2.71. The number of hydrogen-bond acceptors (Lipinski definition) is 9. The Hall–Kier alpha value is -6.43. The number of alkyl halides is 2. The number of carbonyl (C=O) groups excluding carboxylic acids is 2. The minimum absolute atomic E-state index is 0. The lowest BCUT2D eigenvalue weighted by molar-refractivity contribution is -0.164. The molecule has 0 unspecified atom stereocenters. The van der Waals surface area contributed by atoms with Crippen LogP contribution in [0.25, 0.3) is 11.1 Å². The molecular formula is C59H75F2N9O4. The Bertz CT molecular complexity index is 2850. The fourth-order valence-corrected chi connectivity index (χ4v) is 14.2.